The van der Waals surface area contributed by atoms with Crippen LogP contribution in [0.4, 0.5) is 13.2 Å². The predicted molar refractivity (Wildman–Crippen MR) is 55.2 cm³/mol. The largest absolute Gasteiger partial charge is 0.573 e. The lowest BCUT2D eigenvalue weighted by atomic mass is 10.3. The lowest BCUT2D eigenvalue weighted by Crippen LogP contribution is -2.19. The van der Waals surface area contributed by atoms with Crippen LogP contribution in [-0.4, -0.2) is 26.9 Å². The van der Waals surface area contributed by atoms with Crippen LogP contribution in [0.15, 0.2) is 11.0 Å². The Balaban J connectivity index is 3.49. The third-order valence-corrected chi connectivity index (χ3v) is 3.21. The van der Waals surface area contributed by atoms with Crippen LogP contribution in [0.5, 0.6) is 11.6 Å². The smallest absolute Gasteiger partial charge is 0.481 e. The number of pyridine rings is 1. The van der Waals surface area contributed by atoms with Crippen LogP contribution in [-0.2, 0) is 9.05 Å². The van der Waals surface area contributed by atoms with E-state index in [1.807, 2.05) is 0 Å². The average Bonchev–Trinajstić information content (AvgIpc) is 2.11. The maximum atomic E-state index is 12.2. The van der Waals surface area contributed by atoms with Gasteiger partial charge < -0.3 is 9.47 Å². The number of aromatic nitrogens is 1. The highest BCUT2D eigenvalue weighted by Gasteiger charge is 2.35. The lowest BCUT2D eigenvalue weighted by molar-refractivity contribution is -0.275. The number of aryl methyl sites for hydroxylation is 1. The van der Waals surface area contributed by atoms with E-state index in [0.29, 0.717) is 6.07 Å². The van der Waals surface area contributed by atoms with Gasteiger partial charge in [0, 0.05) is 16.7 Å². The molecule has 5 nitrogen and oxygen atoms in total. The van der Waals surface area contributed by atoms with Gasteiger partial charge in [-0.15, -0.1) is 13.2 Å². The molecule has 1 aromatic heterocycles. The predicted octanol–water partition coefficient (Wildman–Crippen LogP) is 2.22. The Hall–Kier alpha value is -1.22. The number of methoxy groups -OCH3 is 1. The number of ether oxygens (including phenoxy) is 2. The maximum absolute atomic E-state index is 12.2. The molecular weight excluding hydrogens is 299 g/mol. The Morgan fingerprint density at radius 2 is 1.94 bits per heavy atom. The zero-order valence-corrected chi connectivity index (χ0v) is 10.7. The summed E-state index contributed by atoms with van der Waals surface area (Å²) >= 11 is 0. The molecule has 0 aliphatic heterocycles. The second-order valence-electron chi connectivity index (χ2n) is 3.06. The summed E-state index contributed by atoms with van der Waals surface area (Å²) in [4.78, 5) is 2.77. The van der Waals surface area contributed by atoms with Crippen molar-refractivity contribution in [3.8, 4) is 11.6 Å². The summed E-state index contributed by atoms with van der Waals surface area (Å²) in [5.41, 5.74) is -0.261. The summed E-state index contributed by atoms with van der Waals surface area (Å²) in [7, 11) is 1.77. The van der Waals surface area contributed by atoms with Gasteiger partial charge in [-0.05, 0) is 6.92 Å². The van der Waals surface area contributed by atoms with Crippen LogP contribution in [0.1, 0.15) is 5.69 Å². The quantitative estimate of drug-likeness (QED) is 0.801. The monoisotopic (exact) mass is 305 g/mol. The molecule has 0 spiro atoms. The molecule has 18 heavy (non-hydrogen) atoms. The molecule has 102 valence electrons. The average molecular weight is 306 g/mol. The highest BCUT2D eigenvalue weighted by molar-refractivity contribution is 8.13. The first-order valence-corrected chi connectivity index (χ1v) is 6.61. The summed E-state index contributed by atoms with van der Waals surface area (Å²) < 4.78 is 67.1. The van der Waals surface area contributed by atoms with E-state index in [9.17, 15) is 21.6 Å². The lowest BCUT2D eigenvalue weighted by Gasteiger charge is -2.14. The van der Waals surface area contributed by atoms with E-state index in [0.717, 1.165) is 7.11 Å². The third-order valence-electron chi connectivity index (χ3n) is 1.76. The van der Waals surface area contributed by atoms with Gasteiger partial charge in [0.25, 0.3) is 9.05 Å². The Morgan fingerprint density at radius 1 is 1.39 bits per heavy atom. The van der Waals surface area contributed by atoms with Crippen LogP contribution >= 0.6 is 10.7 Å². The number of nitrogens with zero attached hydrogens (tertiary/aromatic N) is 1. The molecule has 0 bridgehead atoms. The van der Waals surface area contributed by atoms with Gasteiger partial charge in [-0.25, -0.2) is 13.4 Å². The van der Waals surface area contributed by atoms with E-state index in [-0.39, 0.29) is 11.6 Å². The highest BCUT2D eigenvalue weighted by Crippen LogP contribution is 2.35. The molecule has 1 rings (SSSR count). The normalized spacial score (nSPS) is 12.3. The number of hydrogen-bond acceptors (Lipinski definition) is 5. The molecule has 0 atom stereocenters. The zero-order chi connectivity index (χ0) is 14.1. The van der Waals surface area contributed by atoms with Crippen LogP contribution in [0.25, 0.3) is 0 Å². The molecule has 1 heterocycles. The van der Waals surface area contributed by atoms with Crippen LogP contribution in [0, 0.1) is 6.92 Å². The molecule has 10 heteroatoms. The minimum Gasteiger partial charge on any atom is -0.481 e. The summed E-state index contributed by atoms with van der Waals surface area (Å²) in [5.74, 6) is -1.21. The van der Waals surface area contributed by atoms with Crippen molar-refractivity contribution in [3.05, 3.63) is 11.8 Å². The molecule has 0 aliphatic rings. The standard InChI is InChI=1S/C8H7ClF3NO4S/c1-4-7(18(9,14)15)5(17-8(10,11)12)3-6(13-4)16-2/h3H,1-2H3. The first-order valence-electron chi connectivity index (χ1n) is 4.30. The van der Waals surface area contributed by atoms with E-state index < -0.39 is 26.1 Å². The molecule has 0 fully saturated rings. The topological polar surface area (TPSA) is 65.5 Å². The van der Waals surface area contributed by atoms with E-state index >= 15 is 0 Å². The second-order valence-corrected chi connectivity index (χ2v) is 5.57. The molecule has 0 aromatic carbocycles. The van der Waals surface area contributed by atoms with Crippen LogP contribution < -0.4 is 9.47 Å². The number of hydrogen-bond donors (Lipinski definition) is 0. The number of alkyl halides is 3. The first kappa shape index (κ1) is 14.8. The maximum Gasteiger partial charge on any atom is 0.573 e. The van der Waals surface area contributed by atoms with Gasteiger partial charge in [-0.3, -0.25) is 0 Å². The third kappa shape index (κ3) is 3.64. The Labute approximate surface area is 105 Å². The molecule has 0 unspecified atom stereocenters. The summed E-state index contributed by atoms with van der Waals surface area (Å²) in [5, 5.41) is 0. The van der Waals surface area contributed by atoms with Gasteiger partial charge >= 0.3 is 6.36 Å². The van der Waals surface area contributed by atoms with Gasteiger partial charge in [0.05, 0.1) is 12.8 Å². The molecule has 0 amide bonds. The fourth-order valence-corrected chi connectivity index (χ4v) is 2.51. The fraction of sp³-hybridized carbons (Fsp3) is 0.375. The highest BCUT2D eigenvalue weighted by atomic mass is 35.7. The van der Waals surface area contributed by atoms with E-state index in [4.69, 9.17) is 10.7 Å². The van der Waals surface area contributed by atoms with Crippen molar-refractivity contribution in [1.29, 1.82) is 0 Å². The molecule has 1 aromatic rings. The molecular formula is C8H7ClF3NO4S. The summed E-state index contributed by atoms with van der Waals surface area (Å²) in [6.45, 7) is 1.17. The van der Waals surface area contributed by atoms with Crippen molar-refractivity contribution in [2.45, 2.75) is 18.2 Å². The van der Waals surface area contributed by atoms with Gasteiger partial charge in [0.2, 0.25) is 5.88 Å². The van der Waals surface area contributed by atoms with Gasteiger partial charge in [0.1, 0.15) is 4.90 Å². The fourth-order valence-electron chi connectivity index (χ4n) is 1.21. The molecule has 0 radical (unpaired) electrons. The number of rotatable bonds is 3. The van der Waals surface area contributed by atoms with Crippen molar-refractivity contribution < 1.29 is 31.1 Å². The van der Waals surface area contributed by atoms with Crippen LogP contribution in [0.2, 0.25) is 0 Å². The molecule has 0 saturated heterocycles. The zero-order valence-electron chi connectivity index (χ0n) is 9.08. The molecule has 0 aliphatic carbocycles. The van der Waals surface area contributed by atoms with E-state index in [1.54, 1.807) is 0 Å². The van der Waals surface area contributed by atoms with Crippen molar-refractivity contribution in [1.82, 2.24) is 4.98 Å². The van der Waals surface area contributed by atoms with Crippen molar-refractivity contribution in [3.63, 3.8) is 0 Å². The summed E-state index contributed by atoms with van der Waals surface area (Å²) in [6.07, 6.45) is -5.06. The van der Waals surface area contributed by atoms with Gasteiger partial charge in [-0.2, -0.15) is 0 Å². The van der Waals surface area contributed by atoms with E-state index in [2.05, 4.69) is 14.5 Å². The Kier molecular flexibility index (Phi) is 3.96. The SMILES string of the molecule is COc1cc(OC(F)(F)F)c(S(=O)(=O)Cl)c(C)n1. The van der Waals surface area contributed by atoms with Crippen molar-refractivity contribution in [2.24, 2.45) is 0 Å². The second kappa shape index (κ2) is 4.81. The number of halogens is 4. The van der Waals surface area contributed by atoms with Crippen LogP contribution in [0.3, 0.4) is 0 Å². The molecule has 0 saturated carbocycles. The van der Waals surface area contributed by atoms with Gasteiger partial charge in [-0.1, -0.05) is 0 Å². The minimum absolute atomic E-state index is 0.226. The van der Waals surface area contributed by atoms with Crippen molar-refractivity contribution in [2.75, 3.05) is 7.11 Å². The molecule has 0 N–H and O–H groups in total. The minimum atomic E-state index is -5.06. The van der Waals surface area contributed by atoms with Crippen molar-refractivity contribution >= 4 is 19.7 Å². The Bertz CT molecular complexity index is 558. The Morgan fingerprint density at radius 3 is 2.33 bits per heavy atom. The first-order chi connectivity index (χ1) is 8.04. The van der Waals surface area contributed by atoms with Gasteiger partial charge in [0.15, 0.2) is 5.75 Å². The summed E-state index contributed by atoms with van der Waals surface area (Å²) in [6, 6.07) is 0.690. The van der Waals surface area contributed by atoms with E-state index in [1.165, 1.54) is 6.92 Å².